The van der Waals surface area contributed by atoms with Crippen molar-refractivity contribution < 1.29 is 18.9 Å². The molecule has 1 aliphatic carbocycles. The van der Waals surface area contributed by atoms with Crippen LogP contribution in [0, 0.1) is 13.8 Å². The van der Waals surface area contributed by atoms with Gasteiger partial charge in [0.2, 0.25) is 12.6 Å². The van der Waals surface area contributed by atoms with E-state index < -0.39 is 0 Å². The van der Waals surface area contributed by atoms with E-state index in [1.165, 1.54) is 41.5 Å². The lowest BCUT2D eigenvalue weighted by atomic mass is 9.91. The maximum absolute atomic E-state index is 5.78. The molecule has 0 spiro atoms. The Morgan fingerprint density at radius 2 is 1.19 bits per heavy atom. The zero-order valence-electron chi connectivity index (χ0n) is 15.9. The minimum absolute atomic E-state index is 0.0351. The van der Waals surface area contributed by atoms with Crippen LogP contribution >= 0.6 is 0 Å². The molecule has 3 fully saturated rings. The van der Waals surface area contributed by atoms with E-state index in [1.54, 1.807) is 0 Å². The van der Waals surface area contributed by atoms with E-state index in [-0.39, 0.29) is 12.6 Å². The van der Waals surface area contributed by atoms with Crippen molar-refractivity contribution in [2.75, 3.05) is 13.2 Å². The summed E-state index contributed by atoms with van der Waals surface area (Å²) in [5, 5.41) is 0. The van der Waals surface area contributed by atoms with Gasteiger partial charge in [-0.05, 0) is 79.3 Å². The Morgan fingerprint density at radius 1 is 0.741 bits per heavy atom. The molecule has 0 aromatic heterocycles. The van der Waals surface area contributed by atoms with Gasteiger partial charge in [0.25, 0.3) is 0 Å². The summed E-state index contributed by atoms with van der Waals surface area (Å²) in [5.41, 5.74) is 5.26. The van der Waals surface area contributed by atoms with Crippen molar-refractivity contribution in [3.63, 3.8) is 0 Å². The van der Waals surface area contributed by atoms with Crippen molar-refractivity contribution in [2.45, 2.75) is 57.5 Å². The van der Waals surface area contributed by atoms with Gasteiger partial charge in [-0.15, -0.1) is 0 Å². The van der Waals surface area contributed by atoms with Crippen molar-refractivity contribution >= 4 is 0 Å². The molecule has 1 saturated carbocycles. The molecule has 4 atom stereocenters. The second-order valence-corrected chi connectivity index (χ2v) is 8.02. The lowest BCUT2D eigenvalue weighted by Gasteiger charge is -2.16. The minimum atomic E-state index is -0.0351. The summed E-state index contributed by atoms with van der Waals surface area (Å²) in [6.07, 6.45) is 3.61. The Balaban J connectivity index is 1.26. The van der Waals surface area contributed by atoms with Crippen LogP contribution in [-0.4, -0.2) is 25.8 Å². The quantitative estimate of drug-likeness (QED) is 0.687. The summed E-state index contributed by atoms with van der Waals surface area (Å²) < 4.78 is 21.9. The van der Waals surface area contributed by atoms with E-state index in [4.69, 9.17) is 18.9 Å². The third-order valence-electron chi connectivity index (χ3n) is 5.90. The molecule has 0 radical (unpaired) electrons. The average molecular weight is 366 g/mol. The Kier molecular flexibility index (Phi) is 4.33. The summed E-state index contributed by atoms with van der Waals surface area (Å²) in [6.45, 7) is 5.67. The van der Waals surface area contributed by atoms with E-state index in [9.17, 15) is 0 Å². The standard InChI is InChI=1S/C23H26O4/c1-14-9-16(5-7-20(14)26-22-12-24-22)18-3-4-19(11-18)17-6-8-21(15(2)10-17)27-23-13-25-23/h5-10,18-19,22-23H,3-4,11-13H2,1-2H3. The Bertz CT molecular complexity index is 769. The third kappa shape index (κ3) is 3.83. The van der Waals surface area contributed by atoms with Gasteiger partial charge in [-0.2, -0.15) is 0 Å². The molecule has 0 amide bonds. The SMILES string of the molecule is Cc1cc(C2CCC(c3ccc(OC4CO4)c(C)c3)C2)ccc1OC1CO1. The molecule has 2 heterocycles. The molecule has 2 saturated heterocycles. The van der Waals surface area contributed by atoms with Crippen molar-refractivity contribution in [2.24, 2.45) is 0 Å². The van der Waals surface area contributed by atoms with Crippen molar-refractivity contribution in [3.05, 3.63) is 58.7 Å². The number of epoxide rings is 2. The fraction of sp³-hybridized carbons (Fsp3) is 0.478. The van der Waals surface area contributed by atoms with E-state index in [0.29, 0.717) is 25.0 Å². The predicted octanol–water partition coefficient (Wildman–Crippen LogP) is 4.82. The Hall–Kier alpha value is -2.04. The maximum Gasteiger partial charge on any atom is 0.223 e. The summed E-state index contributed by atoms with van der Waals surface area (Å²) in [5.74, 6) is 3.13. The number of aryl methyl sites for hydroxylation is 2. The molecule has 4 heteroatoms. The molecule has 142 valence electrons. The molecule has 5 rings (SSSR count). The maximum atomic E-state index is 5.78. The fourth-order valence-electron chi connectivity index (χ4n) is 4.20. The van der Waals surface area contributed by atoms with Crippen LogP contribution in [0.15, 0.2) is 36.4 Å². The highest BCUT2D eigenvalue weighted by molar-refractivity contribution is 5.40. The second kappa shape index (κ2) is 6.84. The minimum Gasteiger partial charge on any atom is -0.462 e. The van der Waals surface area contributed by atoms with Gasteiger partial charge in [0.05, 0.1) is 0 Å². The monoisotopic (exact) mass is 366 g/mol. The number of hydrogen-bond acceptors (Lipinski definition) is 4. The fourth-order valence-corrected chi connectivity index (χ4v) is 4.20. The van der Waals surface area contributed by atoms with Gasteiger partial charge in [-0.3, -0.25) is 0 Å². The largest absolute Gasteiger partial charge is 0.462 e. The first kappa shape index (κ1) is 17.1. The molecule has 4 nitrogen and oxygen atoms in total. The molecular weight excluding hydrogens is 340 g/mol. The summed E-state index contributed by atoms with van der Waals surface area (Å²) in [4.78, 5) is 0. The van der Waals surface area contributed by atoms with Crippen LogP contribution in [0.3, 0.4) is 0 Å². The second-order valence-electron chi connectivity index (χ2n) is 8.02. The molecule has 2 aromatic carbocycles. The van der Waals surface area contributed by atoms with Gasteiger partial charge in [0, 0.05) is 0 Å². The van der Waals surface area contributed by atoms with Crippen molar-refractivity contribution in [1.29, 1.82) is 0 Å². The lowest BCUT2D eigenvalue weighted by molar-refractivity contribution is 0.178. The predicted molar refractivity (Wildman–Crippen MR) is 102 cm³/mol. The average Bonchev–Trinajstić information content (AvgIpc) is 3.59. The molecule has 27 heavy (non-hydrogen) atoms. The van der Waals surface area contributed by atoms with Gasteiger partial charge in [-0.1, -0.05) is 24.3 Å². The van der Waals surface area contributed by atoms with Crippen molar-refractivity contribution in [1.82, 2.24) is 0 Å². The van der Waals surface area contributed by atoms with Crippen LogP contribution in [0.5, 0.6) is 11.5 Å². The zero-order valence-corrected chi connectivity index (χ0v) is 15.9. The van der Waals surface area contributed by atoms with Crippen LogP contribution < -0.4 is 9.47 Å². The highest BCUT2D eigenvalue weighted by atomic mass is 16.8. The first-order chi connectivity index (χ1) is 13.2. The van der Waals surface area contributed by atoms with Crippen LogP contribution in [0.1, 0.15) is 53.4 Å². The first-order valence-corrected chi connectivity index (χ1v) is 9.93. The molecule has 0 N–H and O–H groups in total. The summed E-state index contributed by atoms with van der Waals surface area (Å²) >= 11 is 0. The number of ether oxygens (including phenoxy) is 4. The smallest absolute Gasteiger partial charge is 0.223 e. The van der Waals surface area contributed by atoms with Crippen molar-refractivity contribution in [3.8, 4) is 11.5 Å². The highest BCUT2D eigenvalue weighted by Crippen LogP contribution is 2.45. The van der Waals surface area contributed by atoms with Gasteiger partial charge in [-0.25, -0.2) is 0 Å². The molecule has 3 aliphatic rings. The van der Waals surface area contributed by atoms with Crippen LogP contribution in [-0.2, 0) is 9.47 Å². The summed E-state index contributed by atoms with van der Waals surface area (Å²) in [6, 6.07) is 13.3. The van der Waals surface area contributed by atoms with E-state index >= 15 is 0 Å². The first-order valence-electron chi connectivity index (χ1n) is 9.93. The normalized spacial score (nSPS) is 28.8. The number of rotatable bonds is 6. The topological polar surface area (TPSA) is 43.5 Å². The molecule has 0 bridgehead atoms. The zero-order chi connectivity index (χ0) is 18.4. The van der Waals surface area contributed by atoms with Gasteiger partial charge in [0.1, 0.15) is 24.7 Å². The van der Waals surface area contributed by atoms with E-state index in [1.807, 2.05) is 0 Å². The Labute approximate surface area is 160 Å². The summed E-state index contributed by atoms with van der Waals surface area (Å²) in [7, 11) is 0. The van der Waals surface area contributed by atoms with E-state index in [0.717, 1.165) is 11.5 Å². The molecule has 4 unspecified atom stereocenters. The number of benzene rings is 2. The van der Waals surface area contributed by atoms with Gasteiger partial charge in [0.15, 0.2) is 0 Å². The number of hydrogen-bond donors (Lipinski definition) is 0. The highest BCUT2D eigenvalue weighted by Gasteiger charge is 2.29. The van der Waals surface area contributed by atoms with Crippen LogP contribution in [0.4, 0.5) is 0 Å². The van der Waals surface area contributed by atoms with Crippen LogP contribution in [0.25, 0.3) is 0 Å². The molecule has 2 aromatic rings. The molecular formula is C23H26O4. The van der Waals surface area contributed by atoms with Crippen LogP contribution in [0.2, 0.25) is 0 Å². The lowest BCUT2D eigenvalue weighted by Crippen LogP contribution is -2.02. The van der Waals surface area contributed by atoms with Gasteiger partial charge < -0.3 is 18.9 Å². The van der Waals surface area contributed by atoms with Gasteiger partial charge >= 0.3 is 0 Å². The third-order valence-corrected chi connectivity index (χ3v) is 5.90. The van der Waals surface area contributed by atoms with E-state index in [2.05, 4.69) is 50.2 Å². The molecule has 2 aliphatic heterocycles. The Morgan fingerprint density at radius 3 is 1.56 bits per heavy atom.